The van der Waals surface area contributed by atoms with Crippen LogP contribution in [0.2, 0.25) is 0 Å². The van der Waals surface area contributed by atoms with Crippen LogP contribution in [0.15, 0.2) is 40.7 Å². The van der Waals surface area contributed by atoms with Crippen molar-refractivity contribution in [1.29, 1.82) is 0 Å². The first-order chi connectivity index (χ1) is 13.0. The summed E-state index contributed by atoms with van der Waals surface area (Å²) in [5.74, 6) is 1.80. The van der Waals surface area contributed by atoms with E-state index < -0.39 is 11.0 Å². The topological polar surface area (TPSA) is 103 Å². The number of benzene rings is 1. The summed E-state index contributed by atoms with van der Waals surface area (Å²) in [6, 6.07) is 5.90. The number of carbonyl (C=O) groups excluding carboxylic acids is 1. The van der Waals surface area contributed by atoms with E-state index in [0.29, 0.717) is 23.1 Å². The van der Waals surface area contributed by atoms with Crippen LogP contribution in [-0.2, 0) is 4.79 Å². The summed E-state index contributed by atoms with van der Waals surface area (Å²) in [4.78, 5) is 28.0. The zero-order valence-corrected chi connectivity index (χ0v) is 15.8. The Morgan fingerprint density at radius 3 is 2.74 bits per heavy atom. The second-order valence-corrected chi connectivity index (χ2v) is 8.03. The van der Waals surface area contributed by atoms with Crippen LogP contribution < -0.4 is 5.32 Å². The molecule has 0 radical (unpaired) electrons. The number of thioether (sulfide) groups is 1. The average molecular weight is 385 g/mol. The van der Waals surface area contributed by atoms with Crippen molar-refractivity contribution in [2.24, 2.45) is 5.92 Å². The first-order valence-corrected chi connectivity index (χ1v) is 9.83. The molecule has 2 atom stereocenters. The minimum Gasteiger partial charge on any atom is -0.328 e. The van der Waals surface area contributed by atoms with Gasteiger partial charge in [0.25, 0.3) is 5.69 Å². The molecule has 2 aromatic rings. The number of hydrogen-bond donors (Lipinski definition) is 1. The van der Waals surface area contributed by atoms with Crippen molar-refractivity contribution in [3.8, 4) is 0 Å². The van der Waals surface area contributed by atoms with Crippen molar-refractivity contribution < 1.29 is 9.72 Å². The molecule has 0 spiro atoms. The van der Waals surface area contributed by atoms with Gasteiger partial charge in [0.05, 0.1) is 4.92 Å². The molecule has 1 aliphatic heterocycles. The fourth-order valence-corrected chi connectivity index (χ4v) is 4.22. The van der Waals surface area contributed by atoms with E-state index in [-0.39, 0.29) is 17.4 Å². The molecule has 0 bridgehead atoms. The van der Waals surface area contributed by atoms with Crippen LogP contribution in [0, 0.1) is 16.0 Å². The van der Waals surface area contributed by atoms with Crippen LogP contribution in [0.3, 0.4) is 0 Å². The van der Waals surface area contributed by atoms with E-state index in [1.54, 1.807) is 16.8 Å². The smallest absolute Gasteiger partial charge is 0.269 e. The van der Waals surface area contributed by atoms with E-state index in [0.717, 1.165) is 23.4 Å². The Morgan fingerprint density at radius 2 is 2.07 bits per heavy atom. The largest absolute Gasteiger partial charge is 0.328 e. The summed E-state index contributed by atoms with van der Waals surface area (Å²) < 4.78 is 1.73. The highest BCUT2D eigenvalue weighted by Gasteiger charge is 2.38. The number of nitro groups is 1. The number of rotatable bonds is 4. The molecular formula is C18H19N5O3S. The van der Waals surface area contributed by atoms with Crippen LogP contribution in [0.5, 0.6) is 0 Å². The van der Waals surface area contributed by atoms with E-state index in [1.807, 2.05) is 6.92 Å². The van der Waals surface area contributed by atoms with Gasteiger partial charge in [0.2, 0.25) is 11.1 Å². The second-order valence-electron chi connectivity index (χ2n) is 6.80. The molecule has 1 aromatic heterocycles. The third-order valence-electron chi connectivity index (χ3n) is 4.80. The van der Waals surface area contributed by atoms with E-state index in [1.165, 1.54) is 23.9 Å². The molecule has 1 N–H and O–H groups in total. The first-order valence-electron chi connectivity index (χ1n) is 8.85. The number of hydrogen-bond acceptors (Lipinski definition) is 7. The number of nitrogens with one attached hydrogen (secondary N) is 1. The van der Waals surface area contributed by atoms with Gasteiger partial charge in [-0.1, -0.05) is 25.6 Å². The van der Waals surface area contributed by atoms with Crippen LogP contribution in [0.4, 0.5) is 11.6 Å². The quantitative estimate of drug-likeness (QED) is 0.487. The fraction of sp³-hybridized carbons (Fsp3) is 0.389. The molecular weight excluding hydrogens is 366 g/mol. The minimum atomic E-state index is -0.429. The van der Waals surface area contributed by atoms with Crippen molar-refractivity contribution in [2.75, 3.05) is 11.1 Å². The molecule has 4 rings (SSSR count). The van der Waals surface area contributed by atoms with Crippen LogP contribution >= 0.6 is 11.8 Å². The standard InChI is InChI=1S/C18H19N5O3S/c1-3-27-18-20-17-19-13-8-10(2)9-14(24)15(13)16(22(17)21-18)11-4-6-12(7-5-11)23(25)26/h4-7,10,16H,3,8-9H2,1-2H3,(H,19,20,21). The van der Waals surface area contributed by atoms with Gasteiger partial charge in [-0.05, 0) is 35.8 Å². The lowest BCUT2D eigenvalue weighted by Gasteiger charge is -2.34. The monoisotopic (exact) mass is 385 g/mol. The molecule has 0 fully saturated rings. The number of fused-ring (bicyclic) bond motifs is 1. The molecule has 140 valence electrons. The van der Waals surface area contributed by atoms with Gasteiger partial charge in [-0.15, -0.1) is 5.10 Å². The highest BCUT2D eigenvalue weighted by molar-refractivity contribution is 7.99. The summed E-state index contributed by atoms with van der Waals surface area (Å²) in [6.07, 6.45) is 1.26. The third-order valence-corrected chi connectivity index (χ3v) is 5.52. The third kappa shape index (κ3) is 3.12. The van der Waals surface area contributed by atoms with E-state index in [9.17, 15) is 14.9 Å². The van der Waals surface area contributed by atoms with Gasteiger partial charge in [0.15, 0.2) is 5.78 Å². The van der Waals surface area contributed by atoms with Gasteiger partial charge < -0.3 is 5.32 Å². The number of nitrogens with zero attached hydrogens (tertiary/aromatic N) is 4. The van der Waals surface area contributed by atoms with Gasteiger partial charge >= 0.3 is 0 Å². The number of anilines is 1. The Kier molecular flexibility index (Phi) is 4.47. The van der Waals surface area contributed by atoms with Crippen LogP contribution in [-0.4, -0.2) is 31.2 Å². The lowest BCUT2D eigenvalue weighted by molar-refractivity contribution is -0.384. The molecule has 27 heavy (non-hydrogen) atoms. The maximum atomic E-state index is 12.9. The number of carbonyl (C=O) groups is 1. The molecule has 0 saturated heterocycles. The molecule has 8 nitrogen and oxygen atoms in total. The Balaban J connectivity index is 1.84. The van der Waals surface area contributed by atoms with E-state index in [2.05, 4.69) is 22.3 Å². The molecule has 9 heteroatoms. The number of nitro benzene ring substituents is 1. The SMILES string of the molecule is CCSc1nc2n(n1)C(c1ccc([N+](=O)[O-])cc1)C1=C(CC(C)CC1=O)N2. The summed E-state index contributed by atoms with van der Waals surface area (Å²) in [5.41, 5.74) is 2.38. The van der Waals surface area contributed by atoms with Crippen molar-refractivity contribution in [2.45, 2.75) is 37.9 Å². The first kappa shape index (κ1) is 17.7. The van der Waals surface area contributed by atoms with Gasteiger partial charge in [0.1, 0.15) is 6.04 Å². The highest BCUT2D eigenvalue weighted by Crippen LogP contribution is 2.42. The van der Waals surface area contributed by atoms with Crippen molar-refractivity contribution >= 4 is 29.2 Å². The molecule has 0 saturated carbocycles. The molecule has 2 unspecified atom stereocenters. The Hall–Kier alpha value is -2.68. The number of ketones is 1. The molecule has 1 aliphatic carbocycles. The average Bonchev–Trinajstić information content (AvgIpc) is 3.02. The molecule has 2 aliphatic rings. The normalized spacial score (nSPS) is 21.5. The predicted molar refractivity (Wildman–Crippen MR) is 102 cm³/mol. The zero-order valence-electron chi connectivity index (χ0n) is 15.0. The highest BCUT2D eigenvalue weighted by atomic mass is 32.2. The maximum Gasteiger partial charge on any atom is 0.269 e. The summed E-state index contributed by atoms with van der Waals surface area (Å²) in [5, 5.41) is 19.5. The van der Waals surface area contributed by atoms with Crippen molar-refractivity contribution in [3.63, 3.8) is 0 Å². The van der Waals surface area contributed by atoms with Crippen molar-refractivity contribution in [1.82, 2.24) is 14.8 Å². The fourth-order valence-electron chi connectivity index (χ4n) is 3.66. The summed E-state index contributed by atoms with van der Waals surface area (Å²) >= 11 is 1.53. The van der Waals surface area contributed by atoms with Crippen molar-refractivity contribution in [3.05, 3.63) is 51.2 Å². The van der Waals surface area contributed by atoms with Gasteiger partial charge in [-0.2, -0.15) is 4.98 Å². The lowest BCUT2D eigenvalue weighted by atomic mass is 9.81. The number of aromatic nitrogens is 3. The summed E-state index contributed by atoms with van der Waals surface area (Å²) in [6.45, 7) is 4.09. The van der Waals surface area contributed by atoms with Gasteiger partial charge in [-0.25, -0.2) is 4.68 Å². The van der Waals surface area contributed by atoms with Gasteiger partial charge in [0, 0.05) is 29.8 Å². The zero-order chi connectivity index (χ0) is 19.1. The van der Waals surface area contributed by atoms with E-state index in [4.69, 9.17) is 0 Å². The summed E-state index contributed by atoms with van der Waals surface area (Å²) in [7, 11) is 0. The number of non-ortho nitro benzene ring substituents is 1. The lowest BCUT2D eigenvalue weighted by Crippen LogP contribution is -2.33. The Morgan fingerprint density at radius 1 is 1.33 bits per heavy atom. The van der Waals surface area contributed by atoms with E-state index >= 15 is 0 Å². The Labute approximate surface area is 160 Å². The maximum absolute atomic E-state index is 12.9. The van der Waals surface area contributed by atoms with Crippen LogP contribution in [0.25, 0.3) is 0 Å². The van der Waals surface area contributed by atoms with Crippen LogP contribution in [0.1, 0.15) is 38.3 Å². The molecule has 2 heterocycles. The number of allylic oxidation sites excluding steroid dienone is 2. The number of Topliss-reactive ketones (excluding diaryl/α,β-unsaturated/α-hetero) is 1. The molecule has 1 aromatic carbocycles. The van der Waals surface area contributed by atoms with Gasteiger partial charge in [-0.3, -0.25) is 14.9 Å². The minimum absolute atomic E-state index is 0.0199. The second kappa shape index (κ2) is 6.80. The molecule has 0 amide bonds. The predicted octanol–water partition coefficient (Wildman–Crippen LogP) is 3.57. The Bertz CT molecular complexity index is 950.